The molecule has 4 N–H and O–H groups in total. The molecular formula is C22H33NO4. The van der Waals surface area contributed by atoms with Crippen LogP contribution in [0.4, 0.5) is 0 Å². The Kier molecular flexibility index (Phi) is 10.8. The molecule has 150 valence electrons. The third-order valence-electron chi connectivity index (χ3n) is 3.68. The molecule has 0 saturated heterocycles. The highest BCUT2D eigenvalue weighted by Crippen LogP contribution is 2.32. The van der Waals surface area contributed by atoms with Crippen LogP contribution in [0.5, 0.6) is 17.2 Å². The Labute approximate surface area is 162 Å². The average molecular weight is 376 g/mol. The van der Waals surface area contributed by atoms with E-state index in [0.717, 1.165) is 28.0 Å². The molecule has 2 rings (SSSR count). The number of benzene rings is 2. The maximum Gasteiger partial charge on any atom is 0.320 e. The molecule has 0 saturated carbocycles. The SMILES string of the molecule is CC.CC.Cc1cc(Oc2c(C)cc(CC(N)C(=O)O)cc2C)ccc1O. The van der Waals surface area contributed by atoms with Gasteiger partial charge in [-0.1, -0.05) is 39.8 Å². The molecule has 0 amide bonds. The first kappa shape index (κ1) is 24.5. The predicted molar refractivity (Wildman–Crippen MR) is 111 cm³/mol. The van der Waals surface area contributed by atoms with Gasteiger partial charge in [-0.25, -0.2) is 0 Å². The normalized spacial score (nSPS) is 10.7. The van der Waals surface area contributed by atoms with Crippen molar-refractivity contribution in [2.45, 2.75) is 60.9 Å². The summed E-state index contributed by atoms with van der Waals surface area (Å²) in [6.07, 6.45) is 0.273. The van der Waals surface area contributed by atoms with Gasteiger partial charge in [-0.2, -0.15) is 0 Å². The molecule has 0 radical (unpaired) electrons. The van der Waals surface area contributed by atoms with Crippen molar-refractivity contribution in [1.82, 2.24) is 0 Å². The largest absolute Gasteiger partial charge is 0.508 e. The summed E-state index contributed by atoms with van der Waals surface area (Å²) in [7, 11) is 0. The summed E-state index contributed by atoms with van der Waals surface area (Å²) >= 11 is 0. The fourth-order valence-electron chi connectivity index (χ4n) is 2.47. The maximum absolute atomic E-state index is 10.9. The Hall–Kier alpha value is -2.53. The predicted octanol–water partition coefficient (Wildman–Crippen LogP) is 5.12. The molecule has 1 atom stereocenters. The Bertz CT molecular complexity index is 718. The minimum Gasteiger partial charge on any atom is -0.508 e. The second-order valence-corrected chi connectivity index (χ2v) is 5.76. The van der Waals surface area contributed by atoms with Gasteiger partial charge in [0, 0.05) is 0 Å². The van der Waals surface area contributed by atoms with Gasteiger partial charge in [-0.3, -0.25) is 4.79 Å². The summed E-state index contributed by atoms with van der Waals surface area (Å²) < 4.78 is 5.92. The van der Waals surface area contributed by atoms with Crippen LogP contribution in [0.25, 0.3) is 0 Å². The molecule has 0 fully saturated rings. The second kappa shape index (κ2) is 12.0. The van der Waals surface area contributed by atoms with Gasteiger partial charge in [0.25, 0.3) is 0 Å². The van der Waals surface area contributed by atoms with Crippen LogP contribution in [-0.4, -0.2) is 22.2 Å². The summed E-state index contributed by atoms with van der Waals surface area (Å²) in [5.74, 6) is 0.577. The van der Waals surface area contributed by atoms with E-state index in [2.05, 4.69) is 0 Å². The summed E-state index contributed by atoms with van der Waals surface area (Å²) in [5.41, 5.74) is 9.00. The van der Waals surface area contributed by atoms with E-state index in [0.29, 0.717) is 5.75 Å². The van der Waals surface area contributed by atoms with E-state index in [1.165, 1.54) is 0 Å². The summed E-state index contributed by atoms with van der Waals surface area (Å²) in [6.45, 7) is 13.6. The lowest BCUT2D eigenvalue weighted by atomic mass is 10.0. The molecule has 0 aromatic heterocycles. The quantitative estimate of drug-likeness (QED) is 0.675. The second-order valence-electron chi connectivity index (χ2n) is 5.76. The van der Waals surface area contributed by atoms with Gasteiger partial charge >= 0.3 is 5.97 Å². The van der Waals surface area contributed by atoms with Crippen LogP contribution in [0.15, 0.2) is 30.3 Å². The summed E-state index contributed by atoms with van der Waals surface area (Å²) in [6, 6.07) is 7.92. The first-order valence-corrected chi connectivity index (χ1v) is 9.34. The smallest absolute Gasteiger partial charge is 0.320 e. The zero-order chi connectivity index (χ0) is 21.1. The number of aryl methyl sites for hydroxylation is 3. The Balaban J connectivity index is 0.00000158. The maximum atomic E-state index is 10.9. The lowest BCUT2D eigenvalue weighted by molar-refractivity contribution is -0.138. The number of ether oxygens (including phenoxy) is 1. The van der Waals surface area contributed by atoms with Crippen LogP contribution in [0.2, 0.25) is 0 Å². The minimum atomic E-state index is -1.01. The molecule has 0 spiro atoms. The number of nitrogens with two attached hydrogens (primary N) is 1. The fraction of sp³-hybridized carbons (Fsp3) is 0.409. The molecule has 0 aliphatic carbocycles. The number of phenols is 1. The molecule has 0 aliphatic rings. The summed E-state index contributed by atoms with van der Waals surface area (Å²) in [4.78, 5) is 10.9. The molecule has 2 aromatic carbocycles. The van der Waals surface area contributed by atoms with Crippen LogP contribution < -0.4 is 10.5 Å². The molecule has 1 unspecified atom stereocenters. The molecule has 2 aromatic rings. The Morgan fingerprint density at radius 3 is 1.96 bits per heavy atom. The van der Waals surface area contributed by atoms with Gasteiger partial charge in [-0.05, 0) is 67.6 Å². The fourth-order valence-corrected chi connectivity index (χ4v) is 2.47. The molecule has 5 nitrogen and oxygen atoms in total. The van der Waals surface area contributed by atoms with E-state index >= 15 is 0 Å². The van der Waals surface area contributed by atoms with Gasteiger partial charge < -0.3 is 20.7 Å². The van der Waals surface area contributed by atoms with Gasteiger partial charge in [0.15, 0.2) is 0 Å². The van der Waals surface area contributed by atoms with Crippen LogP contribution in [-0.2, 0) is 11.2 Å². The zero-order valence-corrected chi connectivity index (χ0v) is 17.5. The number of phenolic OH excluding ortho intramolecular Hbond substituents is 1. The number of carboxylic acids is 1. The van der Waals surface area contributed by atoms with Crippen molar-refractivity contribution in [2.75, 3.05) is 0 Å². The Morgan fingerprint density at radius 2 is 1.52 bits per heavy atom. The topological polar surface area (TPSA) is 92.8 Å². The molecule has 5 heteroatoms. The summed E-state index contributed by atoms with van der Waals surface area (Å²) in [5, 5.41) is 18.5. The highest BCUT2D eigenvalue weighted by atomic mass is 16.5. The van der Waals surface area contributed by atoms with Crippen molar-refractivity contribution in [3.63, 3.8) is 0 Å². The standard InChI is InChI=1S/C18H21NO4.2C2H6/c1-10-8-14(4-5-16(10)20)23-17-11(2)6-13(7-12(17)3)9-15(19)18(21)22;2*1-2/h4-8,15,20H,9,19H2,1-3H3,(H,21,22);2*1-2H3. The number of aliphatic carboxylic acids is 1. The number of aromatic hydroxyl groups is 1. The first-order valence-electron chi connectivity index (χ1n) is 9.34. The highest BCUT2D eigenvalue weighted by molar-refractivity contribution is 5.73. The Morgan fingerprint density at radius 1 is 1.00 bits per heavy atom. The van der Waals surface area contributed by atoms with Crippen LogP contribution in [0, 0.1) is 20.8 Å². The number of rotatable bonds is 5. The van der Waals surface area contributed by atoms with Crippen molar-refractivity contribution in [3.05, 3.63) is 52.6 Å². The van der Waals surface area contributed by atoms with E-state index in [1.807, 2.05) is 53.7 Å². The van der Waals surface area contributed by atoms with Crippen molar-refractivity contribution in [2.24, 2.45) is 5.73 Å². The van der Waals surface area contributed by atoms with Gasteiger partial charge in [0.1, 0.15) is 23.3 Å². The van der Waals surface area contributed by atoms with E-state index in [-0.39, 0.29) is 12.2 Å². The monoisotopic (exact) mass is 375 g/mol. The van der Waals surface area contributed by atoms with Crippen molar-refractivity contribution < 1.29 is 19.7 Å². The first-order chi connectivity index (χ1) is 12.8. The third-order valence-corrected chi connectivity index (χ3v) is 3.68. The van der Waals surface area contributed by atoms with Crippen molar-refractivity contribution in [3.8, 4) is 17.2 Å². The lowest BCUT2D eigenvalue weighted by Crippen LogP contribution is -2.32. The molecular weight excluding hydrogens is 342 g/mol. The van der Waals surface area contributed by atoms with Crippen molar-refractivity contribution >= 4 is 5.97 Å². The molecule has 0 bridgehead atoms. The van der Waals surface area contributed by atoms with Gasteiger partial charge in [-0.15, -0.1) is 0 Å². The number of hydrogen-bond donors (Lipinski definition) is 3. The highest BCUT2D eigenvalue weighted by Gasteiger charge is 2.15. The number of hydrogen-bond acceptors (Lipinski definition) is 4. The van der Waals surface area contributed by atoms with E-state index in [1.54, 1.807) is 25.1 Å². The lowest BCUT2D eigenvalue weighted by Gasteiger charge is -2.15. The third kappa shape index (κ3) is 7.31. The van der Waals surface area contributed by atoms with Gasteiger partial charge in [0.05, 0.1) is 0 Å². The minimum absolute atomic E-state index is 0.226. The average Bonchev–Trinajstić information content (AvgIpc) is 2.64. The number of carbonyl (C=O) groups is 1. The van der Waals surface area contributed by atoms with E-state index in [4.69, 9.17) is 15.6 Å². The van der Waals surface area contributed by atoms with Crippen LogP contribution in [0.3, 0.4) is 0 Å². The van der Waals surface area contributed by atoms with Crippen LogP contribution in [0.1, 0.15) is 49.9 Å². The van der Waals surface area contributed by atoms with Crippen LogP contribution >= 0.6 is 0 Å². The molecule has 0 aliphatic heterocycles. The van der Waals surface area contributed by atoms with Crippen molar-refractivity contribution in [1.29, 1.82) is 0 Å². The van der Waals surface area contributed by atoms with E-state index in [9.17, 15) is 9.90 Å². The number of carboxylic acid groups (broad SMARTS) is 1. The van der Waals surface area contributed by atoms with E-state index < -0.39 is 12.0 Å². The molecule has 27 heavy (non-hydrogen) atoms. The molecule has 0 heterocycles. The van der Waals surface area contributed by atoms with Gasteiger partial charge in [0.2, 0.25) is 0 Å². The zero-order valence-electron chi connectivity index (χ0n) is 17.5.